The molecular formula is C35H48ClN3O3. The van der Waals surface area contributed by atoms with Crippen molar-refractivity contribution in [3.63, 3.8) is 0 Å². The van der Waals surface area contributed by atoms with Crippen LogP contribution in [0.5, 0.6) is 17.2 Å². The number of benzene rings is 3. The first-order valence-electron chi connectivity index (χ1n) is 14.0. The number of halogens is 1. The van der Waals surface area contributed by atoms with Gasteiger partial charge in [0.25, 0.3) is 0 Å². The van der Waals surface area contributed by atoms with E-state index in [4.69, 9.17) is 25.8 Å². The van der Waals surface area contributed by atoms with Crippen molar-refractivity contribution in [3.8, 4) is 22.9 Å². The van der Waals surface area contributed by atoms with E-state index in [2.05, 4.69) is 90.6 Å². The molecule has 0 saturated carbocycles. The van der Waals surface area contributed by atoms with Gasteiger partial charge in [0.15, 0.2) is 0 Å². The van der Waals surface area contributed by atoms with Gasteiger partial charge in [0, 0.05) is 6.07 Å². The van der Waals surface area contributed by atoms with Crippen LogP contribution in [0.4, 0.5) is 0 Å². The summed E-state index contributed by atoms with van der Waals surface area (Å²) in [6.07, 6.45) is 3.28. The molecule has 1 aromatic heterocycles. The van der Waals surface area contributed by atoms with E-state index in [0.717, 1.165) is 33.5 Å². The maximum Gasteiger partial charge on any atom is 0.138 e. The molecule has 3 aromatic carbocycles. The molecule has 1 heterocycles. The number of methoxy groups -OCH3 is 3. The summed E-state index contributed by atoms with van der Waals surface area (Å²) < 4.78 is 17.4. The van der Waals surface area contributed by atoms with Crippen LogP contribution in [0, 0.1) is 0 Å². The summed E-state index contributed by atoms with van der Waals surface area (Å²) in [5.74, 6) is 2.43. The number of nitrogens with zero attached hydrogens (tertiary/aromatic N) is 3. The number of ether oxygens (including phenoxy) is 3. The molecule has 0 atom stereocenters. The molecule has 0 saturated heterocycles. The molecular weight excluding hydrogens is 546 g/mol. The summed E-state index contributed by atoms with van der Waals surface area (Å²) in [5, 5.41) is 4.89. The average molecular weight is 594 g/mol. The Hall–Kier alpha value is -3.51. The van der Waals surface area contributed by atoms with Crippen LogP contribution in [0.25, 0.3) is 5.69 Å². The van der Waals surface area contributed by atoms with Crippen molar-refractivity contribution in [2.45, 2.75) is 78.6 Å². The fourth-order valence-electron chi connectivity index (χ4n) is 4.13. The predicted molar refractivity (Wildman–Crippen MR) is 175 cm³/mol. The van der Waals surface area contributed by atoms with E-state index in [-0.39, 0.29) is 16.2 Å². The first-order chi connectivity index (χ1) is 19.5. The van der Waals surface area contributed by atoms with Gasteiger partial charge in [-0.1, -0.05) is 104 Å². The second-order valence-electron chi connectivity index (χ2n) is 13.0. The largest absolute Gasteiger partial charge is 0.497 e. The molecule has 4 aromatic rings. The van der Waals surface area contributed by atoms with Gasteiger partial charge in [-0.3, -0.25) is 0 Å². The van der Waals surface area contributed by atoms with Gasteiger partial charge in [0.05, 0.1) is 32.0 Å². The average Bonchev–Trinajstić information content (AvgIpc) is 3.47. The fourth-order valence-corrected chi connectivity index (χ4v) is 4.61. The molecule has 0 aliphatic carbocycles. The number of hydrogen-bond donors (Lipinski definition) is 0. The summed E-state index contributed by atoms with van der Waals surface area (Å²) in [6, 6.07) is 20.1. The predicted octanol–water partition coefficient (Wildman–Crippen LogP) is 9.21. The Morgan fingerprint density at radius 1 is 0.643 bits per heavy atom. The van der Waals surface area contributed by atoms with E-state index in [0.29, 0.717) is 0 Å². The second-order valence-corrected chi connectivity index (χ2v) is 13.4. The molecule has 0 spiro atoms. The third kappa shape index (κ3) is 9.80. The highest BCUT2D eigenvalue weighted by molar-refractivity contribution is 6.33. The van der Waals surface area contributed by atoms with Crippen LogP contribution < -0.4 is 14.2 Å². The van der Waals surface area contributed by atoms with Gasteiger partial charge in [-0.05, 0) is 57.2 Å². The summed E-state index contributed by atoms with van der Waals surface area (Å²) in [6.45, 7) is 19.5. The zero-order chi connectivity index (χ0) is 31.7. The zero-order valence-corrected chi connectivity index (χ0v) is 28.1. The lowest BCUT2D eigenvalue weighted by atomic mass is 9.86. The smallest absolute Gasteiger partial charge is 0.138 e. The highest BCUT2D eigenvalue weighted by Gasteiger charge is 2.20. The van der Waals surface area contributed by atoms with E-state index >= 15 is 0 Å². The van der Waals surface area contributed by atoms with Crippen molar-refractivity contribution < 1.29 is 14.2 Å². The van der Waals surface area contributed by atoms with Crippen molar-refractivity contribution in [1.29, 1.82) is 0 Å². The molecule has 0 radical (unpaired) electrons. The number of hydrogen-bond acceptors (Lipinski definition) is 5. The Balaban J connectivity index is 0.000000221. The third-order valence-electron chi connectivity index (χ3n) is 6.59. The first kappa shape index (κ1) is 34.7. The van der Waals surface area contributed by atoms with Crippen LogP contribution >= 0.6 is 11.6 Å². The molecule has 42 heavy (non-hydrogen) atoms. The van der Waals surface area contributed by atoms with Crippen molar-refractivity contribution in [2.24, 2.45) is 0 Å². The van der Waals surface area contributed by atoms with Gasteiger partial charge in [0.2, 0.25) is 0 Å². The van der Waals surface area contributed by atoms with Crippen molar-refractivity contribution in [3.05, 3.63) is 95.0 Å². The van der Waals surface area contributed by atoms with E-state index in [1.807, 2.05) is 42.5 Å². The summed E-state index contributed by atoms with van der Waals surface area (Å²) >= 11 is 6.17. The van der Waals surface area contributed by atoms with Gasteiger partial charge in [0.1, 0.15) is 29.9 Å². The second kappa shape index (κ2) is 14.6. The van der Waals surface area contributed by atoms with Gasteiger partial charge in [-0.2, -0.15) is 5.10 Å². The molecule has 0 amide bonds. The van der Waals surface area contributed by atoms with Crippen LogP contribution in [-0.4, -0.2) is 36.1 Å². The molecule has 4 rings (SSSR count). The third-order valence-corrected chi connectivity index (χ3v) is 6.98. The van der Waals surface area contributed by atoms with Gasteiger partial charge < -0.3 is 14.2 Å². The Bertz CT molecular complexity index is 1370. The monoisotopic (exact) mass is 593 g/mol. The topological polar surface area (TPSA) is 58.4 Å². The van der Waals surface area contributed by atoms with E-state index in [1.165, 1.54) is 11.1 Å². The highest BCUT2D eigenvalue weighted by atomic mass is 35.5. The normalized spacial score (nSPS) is 11.5. The van der Waals surface area contributed by atoms with Crippen LogP contribution in [-0.2, 0) is 16.2 Å². The molecule has 0 fully saturated rings. The van der Waals surface area contributed by atoms with E-state index in [1.54, 1.807) is 38.7 Å². The summed E-state index contributed by atoms with van der Waals surface area (Å²) in [5.41, 5.74) is 5.00. The maximum atomic E-state index is 6.17. The van der Waals surface area contributed by atoms with E-state index in [9.17, 15) is 0 Å². The Morgan fingerprint density at radius 2 is 1.19 bits per heavy atom. The van der Waals surface area contributed by atoms with Gasteiger partial charge in [-0.25, -0.2) is 9.67 Å². The van der Waals surface area contributed by atoms with Gasteiger partial charge >= 0.3 is 0 Å². The zero-order valence-electron chi connectivity index (χ0n) is 27.4. The molecule has 0 N–H and O–H groups in total. The maximum absolute atomic E-state index is 6.17. The summed E-state index contributed by atoms with van der Waals surface area (Å²) in [4.78, 5) is 3.97. The minimum atomic E-state index is 0.0611. The molecule has 0 aliphatic heterocycles. The van der Waals surface area contributed by atoms with E-state index < -0.39 is 0 Å². The summed E-state index contributed by atoms with van der Waals surface area (Å²) in [7, 11) is 4.97. The molecule has 0 aliphatic rings. The Morgan fingerprint density at radius 3 is 1.64 bits per heavy atom. The van der Waals surface area contributed by atoms with Crippen molar-refractivity contribution >= 4 is 11.6 Å². The molecule has 6 nitrogen and oxygen atoms in total. The van der Waals surface area contributed by atoms with Crippen LogP contribution in [0.3, 0.4) is 0 Å². The molecule has 228 valence electrons. The lowest BCUT2D eigenvalue weighted by Gasteiger charge is -2.22. The SMILES string of the molecule is CC(C)(C)c1ccccc1-n1cncn1.COc1cc(OC)cc(C(C)(C)C)c1.COc1cccc(C(C)(C)C)c1Cl. The number of aromatic nitrogens is 3. The Kier molecular flexibility index (Phi) is 12.1. The molecule has 0 bridgehead atoms. The van der Waals surface area contributed by atoms with Gasteiger partial charge in [-0.15, -0.1) is 0 Å². The standard InChI is InChI=1S/C12H15N3.C12H18O2.C11H15ClO/c1-12(2,3)10-6-4-5-7-11(10)15-9-13-8-14-15;1-12(2,3)9-6-10(13-4)8-11(7-9)14-5;1-11(2,3)8-6-5-7-9(13-4)10(8)12/h4-9H,1-3H3;6-8H,1-5H3;5-7H,1-4H3. The number of para-hydroxylation sites is 1. The van der Waals surface area contributed by atoms with Crippen LogP contribution in [0.15, 0.2) is 73.3 Å². The highest BCUT2D eigenvalue weighted by Crippen LogP contribution is 2.35. The minimum Gasteiger partial charge on any atom is -0.497 e. The quantitative estimate of drug-likeness (QED) is 0.236. The lowest BCUT2D eigenvalue weighted by molar-refractivity contribution is 0.391. The lowest BCUT2D eigenvalue weighted by Crippen LogP contribution is -2.15. The van der Waals surface area contributed by atoms with Crippen molar-refractivity contribution in [1.82, 2.24) is 14.8 Å². The van der Waals surface area contributed by atoms with Crippen molar-refractivity contribution in [2.75, 3.05) is 21.3 Å². The van der Waals surface area contributed by atoms with Crippen LogP contribution in [0.2, 0.25) is 5.02 Å². The Labute approximate surface area is 258 Å². The number of rotatable bonds is 4. The molecule has 0 unspecified atom stereocenters. The molecule has 7 heteroatoms. The fraction of sp³-hybridized carbons (Fsp3) is 0.429. The minimum absolute atomic E-state index is 0.0611. The van der Waals surface area contributed by atoms with Crippen LogP contribution in [0.1, 0.15) is 79.0 Å². The first-order valence-corrected chi connectivity index (χ1v) is 14.4.